The lowest BCUT2D eigenvalue weighted by Crippen LogP contribution is -2.44. The molecule has 3 N–H and O–H groups in total. The summed E-state index contributed by atoms with van der Waals surface area (Å²) in [6, 6.07) is 10.7. The maximum absolute atomic E-state index is 13.7. The number of anilines is 3. The second-order valence-corrected chi connectivity index (χ2v) is 11.5. The van der Waals surface area contributed by atoms with Crippen LogP contribution in [-0.4, -0.2) is 50.6 Å². The molecule has 1 saturated heterocycles. The van der Waals surface area contributed by atoms with E-state index in [1.807, 2.05) is 18.2 Å². The normalized spacial score (nSPS) is 21.1. The predicted molar refractivity (Wildman–Crippen MR) is 153 cm³/mol. The van der Waals surface area contributed by atoms with Gasteiger partial charge in [0.1, 0.15) is 12.1 Å². The molecule has 2 heterocycles. The van der Waals surface area contributed by atoms with Crippen LogP contribution in [0.15, 0.2) is 48.8 Å². The Balaban J connectivity index is 1.46. The Bertz CT molecular complexity index is 1410. The molecule has 1 aromatic heterocycles. The minimum atomic E-state index is -4.57. The third-order valence-electron chi connectivity index (χ3n) is 7.97. The van der Waals surface area contributed by atoms with E-state index in [1.54, 1.807) is 6.07 Å². The first-order valence-electron chi connectivity index (χ1n) is 14.2. The van der Waals surface area contributed by atoms with Gasteiger partial charge in [0.05, 0.1) is 29.1 Å². The molecule has 0 spiro atoms. The lowest BCUT2D eigenvalue weighted by molar-refractivity contribution is -0.137. The van der Waals surface area contributed by atoms with Gasteiger partial charge in [-0.15, -0.1) is 0 Å². The molecule has 0 saturated carbocycles. The van der Waals surface area contributed by atoms with Crippen molar-refractivity contribution in [3.63, 3.8) is 0 Å². The molecule has 3 aromatic rings. The van der Waals surface area contributed by atoms with Crippen molar-refractivity contribution in [3.05, 3.63) is 65.5 Å². The van der Waals surface area contributed by atoms with Gasteiger partial charge in [-0.2, -0.15) is 13.2 Å². The van der Waals surface area contributed by atoms with E-state index in [1.165, 1.54) is 12.4 Å². The molecule has 2 aromatic carbocycles. The molecule has 1 aliphatic carbocycles. The van der Waals surface area contributed by atoms with Gasteiger partial charge >= 0.3 is 6.18 Å². The van der Waals surface area contributed by atoms with E-state index in [2.05, 4.69) is 46.3 Å². The third-order valence-corrected chi connectivity index (χ3v) is 7.97. The topological polar surface area (TPSA) is 90.4 Å². The van der Waals surface area contributed by atoms with Crippen LogP contribution in [0.1, 0.15) is 56.7 Å². The average Bonchev–Trinajstić information content (AvgIpc) is 3.28. The number of aliphatic hydroxyl groups excluding tert-OH is 1. The number of nitrogens with zero attached hydrogens (tertiary/aromatic N) is 3. The lowest BCUT2D eigenvalue weighted by Gasteiger charge is -2.29. The number of hydrogen-bond acceptors (Lipinski definition) is 6. The summed E-state index contributed by atoms with van der Waals surface area (Å²) in [4.78, 5) is 24.3. The SMILES string of the molecule is CC(C)CN1[C@H](C)CC[C@H]1C(=O)Nc1cc(C(F)(F)F)ccc1-c1cc(Nc2cccc3c2CC(O)CC3)ncn1. The number of alkyl halides is 3. The molecule has 1 amide bonds. The molecule has 41 heavy (non-hydrogen) atoms. The van der Waals surface area contributed by atoms with Crippen LogP contribution >= 0.6 is 0 Å². The number of fused-ring (bicyclic) bond motifs is 1. The zero-order chi connectivity index (χ0) is 29.3. The molecular formula is C31H36F3N5O2. The molecule has 1 unspecified atom stereocenters. The maximum atomic E-state index is 13.7. The highest BCUT2D eigenvalue weighted by molar-refractivity contribution is 5.98. The van der Waals surface area contributed by atoms with E-state index in [4.69, 9.17) is 0 Å². The zero-order valence-electron chi connectivity index (χ0n) is 23.5. The summed E-state index contributed by atoms with van der Waals surface area (Å²) >= 11 is 0. The Morgan fingerprint density at radius 1 is 1.10 bits per heavy atom. The van der Waals surface area contributed by atoms with Crippen LogP contribution in [0.25, 0.3) is 11.3 Å². The Labute approximate surface area is 238 Å². The second kappa shape index (κ2) is 11.8. The van der Waals surface area contributed by atoms with Crippen LogP contribution in [0.2, 0.25) is 0 Å². The molecule has 1 fully saturated rings. The number of aromatic nitrogens is 2. The number of hydrogen-bond donors (Lipinski definition) is 3. The number of rotatable bonds is 7. The largest absolute Gasteiger partial charge is 0.416 e. The highest BCUT2D eigenvalue weighted by Gasteiger charge is 2.37. The van der Waals surface area contributed by atoms with Gasteiger partial charge < -0.3 is 15.7 Å². The van der Waals surface area contributed by atoms with Gasteiger partial charge in [0.2, 0.25) is 5.91 Å². The number of halogens is 3. The van der Waals surface area contributed by atoms with Crippen LogP contribution in [0.3, 0.4) is 0 Å². The number of likely N-dealkylation sites (tertiary alicyclic amines) is 1. The summed E-state index contributed by atoms with van der Waals surface area (Å²) in [7, 11) is 0. The highest BCUT2D eigenvalue weighted by atomic mass is 19.4. The minimum Gasteiger partial charge on any atom is -0.393 e. The fourth-order valence-corrected chi connectivity index (χ4v) is 5.91. The molecule has 10 heteroatoms. The zero-order valence-corrected chi connectivity index (χ0v) is 23.5. The number of aryl methyl sites for hydroxylation is 1. The fourth-order valence-electron chi connectivity index (χ4n) is 5.91. The van der Waals surface area contributed by atoms with Crippen molar-refractivity contribution in [3.8, 4) is 11.3 Å². The standard InChI is InChI=1S/C31H36F3N5O2/c1-18(2)16-39-19(3)7-12-28(39)30(41)38-27-13-21(31(32,33)34)9-11-23(27)26-15-29(36-17-35-26)37-25-6-4-5-20-8-10-22(40)14-24(20)25/h4-6,9,11,13,15,17-19,22,28,40H,7-8,10,12,14,16H2,1-3H3,(H,38,41)(H,35,36,37)/t19-,22?,28+/m1/s1. The molecular weight excluding hydrogens is 531 g/mol. The summed E-state index contributed by atoms with van der Waals surface area (Å²) in [5, 5.41) is 16.3. The van der Waals surface area contributed by atoms with Gasteiger partial charge in [-0.1, -0.05) is 32.0 Å². The molecule has 3 atom stereocenters. The molecule has 2 aliphatic rings. The van der Waals surface area contributed by atoms with Gasteiger partial charge in [0.25, 0.3) is 0 Å². The van der Waals surface area contributed by atoms with Crippen LogP contribution < -0.4 is 10.6 Å². The Morgan fingerprint density at radius 2 is 1.90 bits per heavy atom. The predicted octanol–water partition coefficient (Wildman–Crippen LogP) is 6.20. The van der Waals surface area contributed by atoms with Gasteiger partial charge in [-0.3, -0.25) is 9.69 Å². The number of nitrogens with one attached hydrogen (secondary N) is 2. The number of amides is 1. The summed E-state index contributed by atoms with van der Waals surface area (Å²) in [6.45, 7) is 6.97. The van der Waals surface area contributed by atoms with Crippen molar-refractivity contribution in [2.45, 2.75) is 77.2 Å². The van der Waals surface area contributed by atoms with E-state index in [0.717, 1.165) is 48.3 Å². The van der Waals surface area contributed by atoms with E-state index in [0.29, 0.717) is 42.3 Å². The molecule has 0 radical (unpaired) electrons. The van der Waals surface area contributed by atoms with Crippen molar-refractivity contribution in [1.82, 2.24) is 14.9 Å². The molecule has 0 bridgehead atoms. The monoisotopic (exact) mass is 567 g/mol. The first kappa shape index (κ1) is 29.0. The van der Waals surface area contributed by atoms with Gasteiger partial charge in [-0.25, -0.2) is 9.97 Å². The van der Waals surface area contributed by atoms with Crippen molar-refractivity contribution in [2.24, 2.45) is 5.92 Å². The van der Waals surface area contributed by atoms with E-state index in [-0.39, 0.29) is 17.6 Å². The van der Waals surface area contributed by atoms with Crippen molar-refractivity contribution < 1.29 is 23.1 Å². The first-order valence-corrected chi connectivity index (χ1v) is 14.2. The fraction of sp³-hybridized carbons (Fsp3) is 0.452. The van der Waals surface area contributed by atoms with Crippen LogP contribution in [0.4, 0.5) is 30.4 Å². The quantitative estimate of drug-likeness (QED) is 0.315. The average molecular weight is 568 g/mol. The van der Waals surface area contributed by atoms with Crippen LogP contribution in [-0.2, 0) is 23.8 Å². The second-order valence-electron chi connectivity index (χ2n) is 11.5. The molecule has 5 rings (SSSR count). The Kier molecular flexibility index (Phi) is 8.33. The summed E-state index contributed by atoms with van der Waals surface area (Å²) < 4.78 is 41.1. The summed E-state index contributed by atoms with van der Waals surface area (Å²) in [5.41, 5.74) is 2.93. The lowest BCUT2D eigenvalue weighted by atomic mass is 9.88. The van der Waals surface area contributed by atoms with E-state index in [9.17, 15) is 23.1 Å². The smallest absolute Gasteiger partial charge is 0.393 e. The van der Waals surface area contributed by atoms with Crippen molar-refractivity contribution >= 4 is 23.1 Å². The highest BCUT2D eigenvalue weighted by Crippen LogP contribution is 2.37. The molecule has 7 nitrogen and oxygen atoms in total. The van der Waals surface area contributed by atoms with Gasteiger partial charge in [0, 0.05) is 36.3 Å². The Morgan fingerprint density at radius 3 is 2.66 bits per heavy atom. The van der Waals surface area contributed by atoms with E-state index < -0.39 is 23.9 Å². The third kappa shape index (κ3) is 6.54. The molecule has 1 aliphatic heterocycles. The van der Waals surface area contributed by atoms with Gasteiger partial charge in [-0.05, 0) is 67.9 Å². The van der Waals surface area contributed by atoms with Crippen molar-refractivity contribution in [1.29, 1.82) is 0 Å². The first-order chi connectivity index (χ1) is 19.5. The van der Waals surface area contributed by atoms with Gasteiger partial charge in [0.15, 0.2) is 0 Å². The molecule has 218 valence electrons. The summed E-state index contributed by atoms with van der Waals surface area (Å²) in [6.07, 6.45) is -0.126. The Hall–Kier alpha value is -3.50. The number of aliphatic hydroxyl groups is 1. The number of carbonyl (C=O) groups excluding carboxylic acids is 1. The summed E-state index contributed by atoms with van der Waals surface area (Å²) in [5.74, 6) is 0.478. The van der Waals surface area contributed by atoms with Crippen LogP contribution in [0.5, 0.6) is 0 Å². The minimum absolute atomic E-state index is 0.0544. The number of benzene rings is 2. The van der Waals surface area contributed by atoms with Crippen molar-refractivity contribution in [2.75, 3.05) is 17.2 Å². The van der Waals surface area contributed by atoms with E-state index >= 15 is 0 Å². The van der Waals surface area contributed by atoms with Crippen LogP contribution in [0, 0.1) is 5.92 Å². The number of carbonyl (C=O) groups is 1. The maximum Gasteiger partial charge on any atom is 0.416 e.